The third-order valence-corrected chi connectivity index (χ3v) is 2.06. The molecule has 0 heterocycles. The Morgan fingerprint density at radius 1 is 1.56 bits per heavy atom. The molecule has 0 aliphatic rings. The zero-order valence-electron chi connectivity index (χ0n) is 8.64. The van der Waals surface area contributed by atoms with E-state index in [0.29, 0.717) is 0 Å². The lowest BCUT2D eigenvalue weighted by Crippen LogP contribution is -2.08. The topological polar surface area (TPSA) is 55.7 Å². The summed E-state index contributed by atoms with van der Waals surface area (Å²) < 4.78 is 17.8. The quantitative estimate of drug-likeness (QED) is 0.444. The minimum atomic E-state index is -0.883. The number of isocyanates is 1. The third-order valence-electron chi connectivity index (χ3n) is 2.06. The van der Waals surface area contributed by atoms with E-state index in [1.165, 1.54) is 31.4 Å². The maximum Gasteiger partial charge on any atom is 0.308 e. The van der Waals surface area contributed by atoms with Crippen molar-refractivity contribution in [1.82, 2.24) is 0 Å². The smallest absolute Gasteiger partial charge is 0.308 e. The number of rotatable bonds is 4. The average molecular weight is 223 g/mol. The first kappa shape index (κ1) is 12.1. The number of hydrogen-bond acceptors (Lipinski definition) is 4. The minimum Gasteiger partial charge on any atom is -0.469 e. The Hall–Kier alpha value is -2.00. The molecule has 1 atom stereocenters. The molecule has 0 aliphatic heterocycles. The fraction of sp³-hybridized carbons (Fsp3) is 0.273. The molecule has 0 saturated heterocycles. The van der Waals surface area contributed by atoms with Crippen LogP contribution < -0.4 is 0 Å². The molecule has 1 aromatic rings. The summed E-state index contributed by atoms with van der Waals surface area (Å²) in [5.74, 6) is -1.08. The molecule has 84 valence electrons. The molecular weight excluding hydrogens is 213 g/mol. The average Bonchev–Trinajstić information content (AvgIpc) is 2.29. The van der Waals surface area contributed by atoms with E-state index in [-0.39, 0.29) is 12.0 Å². The van der Waals surface area contributed by atoms with E-state index in [9.17, 15) is 14.0 Å². The van der Waals surface area contributed by atoms with Gasteiger partial charge < -0.3 is 4.74 Å². The lowest BCUT2D eigenvalue weighted by atomic mass is 10.0. The first-order valence-electron chi connectivity index (χ1n) is 4.57. The summed E-state index contributed by atoms with van der Waals surface area (Å²) in [5, 5.41) is 0. The number of hydrogen-bond donors (Lipinski definition) is 0. The van der Waals surface area contributed by atoms with Gasteiger partial charge in [-0.25, -0.2) is 9.18 Å². The maximum absolute atomic E-state index is 13.4. The molecule has 0 aliphatic carbocycles. The van der Waals surface area contributed by atoms with Gasteiger partial charge in [0.2, 0.25) is 6.08 Å². The lowest BCUT2D eigenvalue weighted by Gasteiger charge is -2.10. The summed E-state index contributed by atoms with van der Waals surface area (Å²) in [7, 11) is 1.21. The summed E-state index contributed by atoms with van der Waals surface area (Å²) >= 11 is 0. The molecule has 0 aromatic heterocycles. The zero-order valence-corrected chi connectivity index (χ0v) is 8.64. The zero-order chi connectivity index (χ0) is 12.0. The van der Waals surface area contributed by atoms with Crippen molar-refractivity contribution in [2.75, 3.05) is 7.11 Å². The summed E-state index contributed by atoms with van der Waals surface area (Å²) in [6.45, 7) is 0. The summed E-state index contributed by atoms with van der Waals surface area (Å²) in [5.41, 5.74) is 0.177. The van der Waals surface area contributed by atoms with Gasteiger partial charge in [0, 0.05) is 5.56 Å². The Morgan fingerprint density at radius 3 is 2.81 bits per heavy atom. The van der Waals surface area contributed by atoms with E-state index < -0.39 is 17.8 Å². The molecule has 0 radical (unpaired) electrons. The number of methoxy groups -OCH3 is 1. The van der Waals surface area contributed by atoms with Crippen molar-refractivity contribution in [3.63, 3.8) is 0 Å². The Balaban J connectivity index is 2.98. The SMILES string of the molecule is COC(=O)CC(N=C=O)c1ccccc1F. The van der Waals surface area contributed by atoms with Crippen molar-refractivity contribution >= 4 is 12.0 Å². The molecule has 0 saturated carbocycles. The van der Waals surface area contributed by atoms with Gasteiger partial charge in [-0.1, -0.05) is 18.2 Å². The van der Waals surface area contributed by atoms with Crippen LogP contribution >= 0.6 is 0 Å². The number of benzene rings is 1. The summed E-state index contributed by atoms with van der Waals surface area (Å²) in [6, 6.07) is 4.93. The van der Waals surface area contributed by atoms with Crippen LogP contribution in [-0.2, 0) is 14.3 Å². The number of ether oxygens (including phenoxy) is 1. The second-order valence-electron chi connectivity index (χ2n) is 3.04. The van der Waals surface area contributed by atoms with Crippen LogP contribution in [-0.4, -0.2) is 19.2 Å². The highest BCUT2D eigenvalue weighted by molar-refractivity contribution is 5.70. The molecule has 0 spiro atoms. The van der Waals surface area contributed by atoms with Crippen LogP contribution in [0.2, 0.25) is 0 Å². The predicted molar refractivity (Wildman–Crippen MR) is 53.9 cm³/mol. The van der Waals surface area contributed by atoms with E-state index in [2.05, 4.69) is 9.73 Å². The molecule has 0 bridgehead atoms. The van der Waals surface area contributed by atoms with Crippen LogP contribution in [0.4, 0.5) is 4.39 Å². The van der Waals surface area contributed by atoms with Crippen LogP contribution in [0.5, 0.6) is 0 Å². The summed E-state index contributed by atoms with van der Waals surface area (Å²) in [6.07, 6.45) is 1.14. The van der Waals surface area contributed by atoms with Crippen LogP contribution in [0.25, 0.3) is 0 Å². The highest BCUT2D eigenvalue weighted by atomic mass is 19.1. The van der Waals surface area contributed by atoms with Gasteiger partial charge in [-0.3, -0.25) is 4.79 Å². The van der Waals surface area contributed by atoms with E-state index in [1.54, 1.807) is 6.07 Å². The molecule has 0 fully saturated rings. The van der Waals surface area contributed by atoms with Crippen LogP contribution in [0, 0.1) is 5.82 Å². The fourth-order valence-electron chi connectivity index (χ4n) is 1.28. The van der Waals surface area contributed by atoms with E-state index >= 15 is 0 Å². The van der Waals surface area contributed by atoms with Crippen molar-refractivity contribution in [1.29, 1.82) is 0 Å². The first-order chi connectivity index (χ1) is 7.69. The molecule has 0 amide bonds. The van der Waals surface area contributed by atoms with Crippen molar-refractivity contribution in [3.05, 3.63) is 35.6 Å². The van der Waals surface area contributed by atoms with Gasteiger partial charge in [-0.05, 0) is 6.07 Å². The molecule has 1 rings (SSSR count). The maximum atomic E-state index is 13.4. The fourth-order valence-corrected chi connectivity index (χ4v) is 1.28. The van der Waals surface area contributed by atoms with Crippen LogP contribution in [0.1, 0.15) is 18.0 Å². The van der Waals surface area contributed by atoms with E-state index in [1.807, 2.05) is 0 Å². The number of esters is 1. The van der Waals surface area contributed by atoms with Crippen LogP contribution in [0.3, 0.4) is 0 Å². The van der Waals surface area contributed by atoms with Gasteiger partial charge in [-0.2, -0.15) is 4.99 Å². The Bertz CT molecular complexity index is 427. The molecule has 1 aromatic carbocycles. The van der Waals surface area contributed by atoms with Crippen molar-refractivity contribution in [2.24, 2.45) is 4.99 Å². The molecule has 16 heavy (non-hydrogen) atoms. The molecule has 0 N–H and O–H groups in total. The predicted octanol–water partition coefficient (Wildman–Crippen LogP) is 1.77. The standard InChI is InChI=1S/C11H10FNO3/c1-16-11(15)6-10(13-7-14)8-4-2-3-5-9(8)12/h2-5,10H,6H2,1H3. The number of carbonyl (C=O) groups excluding carboxylic acids is 2. The molecule has 5 heteroatoms. The Morgan fingerprint density at radius 2 is 2.25 bits per heavy atom. The number of halogens is 1. The van der Waals surface area contributed by atoms with Gasteiger partial charge in [0.1, 0.15) is 11.9 Å². The van der Waals surface area contributed by atoms with Gasteiger partial charge in [0.25, 0.3) is 0 Å². The van der Waals surface area contributed by atoms with Crippen molar-refractivity contribution < 1.29 is 18.7 Å². The number of carbonyl (C=O) groups is 1. The molecular formula is C11H10FNO3. The highest BCUT2D eigenvalue weighted by Crippen LogP contribution is 2.23. The Kier molecular flexibility index (Phi) is 4.36. The monoisotopic (exact) mass is 223 g/mol. The van der Waals surface area contributed by atoms with Gasteiger partial charge in [-0.15, -0.1) is 0 Å². The lowest BCUT2D eigenvalue weighted by molar-refractivity contribution is -0.141. The molecule has 4 nitrogen and oxygen atoms in total. The molecule has 1 unspecified atom stereocenters. The second-order valence-corrected chi connectivity index (χ2v) is 3.04. The van der Waals surface area contributed by atoms with Crippen molar-refractivity contribution in [2.45, 2.75) is 12.5 Å². The Labute approximate surface area is 91.8 Å². The van der Waals surface area contributed by atoms with E-state index in [4.69, 9.17) is 0 Å². The normalized spacial score (nSPS) is 11.4. The largest absolute Gasteiger partial charge is 0.469 e. The summed E-state index contributed by atoms with van der Waals surface area (Å²) in [4.78, 5) is 24.6. The van der Waals surface area contributed by atoms with E-state index in [0.717, 1.165) is 0 Å². The van der Waals surface area contributed by atoms with Gasteiger partial charge in [0.05, 0.1) is 13.5 Å². The van der Waals surface area contributed by atoms with Gasteiger partial charge in [0.15, 0.2) is 0 Å². The van der Waals surface area contributed by atoms with Crippen molar-refractivity contribution in [3.8, 4) is 0 Å². The number of aliphatic imine (C=N–C) groups is 1. The van der Waals surface area contributed by atoms with Crippen LogP contribution in [0.15, 0.2) is 29.3 Å². The van der Waals surface area contributed by atoms with Gasteiger partial charge >= 0.3 is 5.97 Å². The first-order valence-corrected chi connectivity index (χ1v) is 4.57. The minimum absolute atomic E-state index is 0.177. The highest BCUT2D eigenvalue weighted by Gasteiger charge is 2.18. The third kappa shape index (κ3) is 3.00. The number of nitrogens with zero attached hydrogens (tertiary/aromatic N) is 1. The second kappa shape index (κ2) is 5.78.